The van der Waals surface area contributed by atoms with Gasteiger partial charge in [0.1, 0.15) is 5.76 Å². The minimum absolute atomic E-state index is 0.118. The zero-order valence-corrected chi connectivity index (χ0v) is 10.8. The average molecular weight is 278 g/mol. The zero-order valence-electron chi connectivity index (χ0n) is 10.8. The Balaban J connectivity index is 2.47. The maximum atomic E-state index is 12.6. The van der Waals surface area contributed by atoms with Gasteiger partial charge in [-0.3, -0.25) is 4.79 Å². The molecule has 7 heteroatoms. The SMILES string of the molecule is CC/C(C(=O)c1ccc[nH]1)=C(/OB(F)F)c1ccc[nH]1. The molecule has 20 heavy (non-hydrogen) atoms. The lowest BCUT2D eigenvalue weighted by Crippen LogP contribution is -2.12. The van der Waals surface area contributed by atoms with Gasteiger partial charge in [0.2, 0.25) is 5.78 Å². The summed E-state index contributed by atoms with van der Waals surface area (Å²) >= 11 is 0. The van der Waals surface area contributed by atoms with Crippen LogP contribution in [0.15, 0.2) is 42.2 Å². The minimum atomic E-state index is -2.99. The van der Waals surface area contributed by atoms with E-state index in [1.807, 2.05) is 0 Å². The highest BCUT2D eigenvalue weighted by Gasteiger charge is 2.26. The van der Waals surface area contributed by atoms with Crippen molar-refractivity contribution in [3.8, 4) is 0 Å². The third-order valence-electron chi connectivity index (χ3n) is 2.79. The van der Waals surface area contributed by atoms with Crippen molar-refractivity contribution in [2.45, 2.75) is 13.3 Å². The van der Waals surface area contributed by atoms with Gasteiger partial charge in [0.15, 0.2) is 0 Å². The topological polar surface area (TPSA) is 57.9 Å². The Hall–Kier alpha value is -2.31. The van der Waals surface area contributed by atoms with Crippen molar-refractivity contribution in [1.82, 2.24) is 9.97 Å². The number of hydrogen-bond acceptors (Lipinski definition) is 2. The lowest BCUT2D eigenvalue weighted by molar-refractivity contribution is 0.102. The Morgan fingerprint density at radius 2 is 1.80 bits per heavy atom. The van der Waals surface area contributed by atoms with Crippen molar-refractivity contribution in [2.24, 2.45) is 0 Å². The second-order valence-corrected chi connectivity index (χ2v) is 4.04. The third-order valence-corrected chi connectivity index (χ3v) is 2.79. The first kappa shape index (κ1) is 14.1. The molecule has 2 heterocycles. The maximum absolute atomic E-state index is 12.6. The average Bonchev–Trinajstić information content (AvgIpc) is 3.11. The molecule has 2 rings (SSSR count). The van der Waals surface area contributed by atoms with Crippen molar-refractivity contribution in [3.05, 3.63) is 53.6 Å². The summed E-state index contributed by atoms with van der Waals surface area (Å²) in [4.78, 5) is 17.9. The molecule has 0 bridgehead atoms. The molecule has 0 aliphatic carbocycles. The van der Waals surface area contributed by atoms with Gasteiger partial charge in [-0.05, 0) is 30.7 Å². The number of ketones is 1. The van der Waals surface area contributed by atoms with Gasteiger partial charge in [0.25, 0.3) is 0 Å². The van der Waals surface area contributed by atoms with Crippen LogP contribution in [0.25, 0.3) is 5.76 Å². The largest absolute Gasteiger partial charge is 0.796 e. The second-order valence-electron chi connectivity index (χ2n) is 4.04. The van der Waals surface area contributed by atoms with E-state index in [0.717, 1.165) is 0 Å². The highest BCUT2D eigenvalue weighted by atomic mass is 19.2. The molecule has 0 aliphatic rings. The van der Waals surface area contributed by atoms with Gasteiger partial charge in [-0.2, -0.15) is 0 Å². The van der Waals surface area contributed by atoms with Crippen molar-refractivity contribution >= 4 is 19.0 Å². The molecule has 2 aromatic rings. The molecule has 0 radical (unpaired) electrons. The monoisotopic (exact) mass is 278 g/mol. The van der Waals surface area contributed by atoms with Crippen molar-refractivity contribution < 1.29 is 18.1 Å². The summed E-state index contributed by atoms with van der Waals surface area (Å²) in [5.74, 6) is -0.477. The first-order chi connectivity index (χ1) is 9.63. The van der Waals surface area contributed by atoms with Gasteiger partial charge < -0.3 is 14.6 Å². The number of rotatable bonds is 6. The molecule has 2 N–H and O–H groups in total. The molecule has 0 spiro atoms. The number of carbonyl (C=O) groups excluding carboxylic acids is 1. The fourth-order valence-corrected chi connectivity index (χ4v) is 1.92. The first-order valence-electron chi connectivity index (χ1n) is 6.13. The number of allylic oxidation sites excluding steroid dienone is 1. The number of aromatic amines is 2. The number of halogens is 2. The van der Waals surface area contributed by atoms with Crippen LogP contribution < -0.4 is 0 Å². The van der Waals surface area contributed by atoms with Gasteiger partial charge in [-0.15, -0.1) is 0 Å². The van der Waals surface area contributed by atoms with E-state index in [2.05, 4.69) is 14.6 Å². The molecule has 0 aromatic carbocycles. The highest BCUT2D eigenvalue weighted by Crippen LogP contribution is 2.25. The molecule has 104 valence electrons. The summed E-state index contributed by atoms with van der Waals surface area (Å²) in [5, 5.41) is 0. The number of aromatic nitrogens is 2. The van der Waals surface area contributed by atoms with E-state index in [9.17, 15) is 13.4 Å². The summed E-state index contributed by atoms with van der Waals surface area (Å²) in [6, 6.07) is 6.49. The summed E-state index contributed by atoms with van der Waals surface area (Å²) in [6.45, 7) is 1.72. The predicted octanol–water partition coefficient (Wildman–Crippen LogP) is 3.29. The van der Waals surface area contributed by atoms with Crippen LogP contribution in [-0.2, 0) is 4.65 Å². The fourth-order valence-electron chi connectivity index (χ4n) is 1.92. The molecular weight excluding hydrogens is 265 g/mol. The molecule has 0 fully saturated rings. The second kappa shape index (κ2) is 6.23. The molecule has 0 saturated heterocycles. The van der Waals surface area contributed by atoms with Crippen LogP contribution in [0, 0.1) is 0 Å². The quantitative estimate of drug-likeness (QED) is 0.368. The van der Waals surface area contributed by atoms with Crippen LogP contribution in [-0.4, -0.2) is 23.2 Å². The Morgan fingerprint density at radius 1 is 1.20 bits per heavy atom. The predicted molar refractivity (Wildman–Crippen MR) is 72.2 cm³/mol. The van der Waals surface area contributed by atoms with Gasteiger partial charge in [-0.25, -0.2) is 8.63 Å². The molecule has 4 nitrogen and oxygen atoms in total. The summed E-state index contributed by atoms with van der Waals surface area (Å²) in [6.07, 6.45) is 3.46. The van der Waals surface area contributed by atoms with Gasteiger partial charge in [0.05, 0.1) is 11.4 Å². The van der Waals surface area contributed by atoms with Crippen molar-refractivity contribution in [2.75, 3.05) is 0 Å². The zero-order chi connectivity index (χ0) is 14.5. The first-order valence-corrected chi connectivity index (χ1v) is 6.13. The normalized spacial score (nSPS) is 11.9. The van der Waals surface area contributed by atoms with Gasteiger partial charge >= 0.3 is 7.47 Å². The van der Waals surface area contributed by atoms with Crippen LogP contribution in [0.2, 0.25) is 0 Å². The number of hydrogen-bond donors (Lipinski definition) is 2. The summed E-state index contributed by atoms with van der Waals surface area (Å²) < 4.78 is 29.7. The van der Waals surface area contributed by atoms with Crippen LogP contribution in [0.3, 0.4) is 0 Å². The Bertz CT molecular complexity index is 592. The van der Waals surface area contributed by atoms with E-state index in [0.29, 0.717) is 11.4 Å². The van der Waals surface area contributed by atoms with Crippen molar-refractivity contribution in [1.29, 1.82) is 0 Å². The molecular formula is C13H13BF2N2O2. The Kier molecular flexibility index (Phi) is 4.39. The molecule has 0 atom stereocenters. The number of carbonyl (C=O) groups is 1. The van der Waals surface area contributed by atoms with Crippen LogP contribution >= 0.6 is 0 Å². The van der Waals surface area contributed by atoms with E-state index < -0.39 is 7.47 Å². The van der Waals surface area contributed by atoms with Crippen LogP contribution in [0.1, 0.15) is 29.5 Å². The van der Waals surface area contributed by atoms with E-state index >= 15 is 0 Å². The fraction of sp³-hybridized carbons (Fsp3) is 0.154. The van der Waals surface area contributed by atoms with Gasteiger partial charge in [-0.1, -0.05) is 6.92 Å². The summed E-state index contributed by atoms with van der Waals surface area (Å²) in [5.41, 5.74) is 0.876. The van der Waals surface area contributed by atoms with E-state index in [-0.39, 0.29) is 23.5 Å². The van der Waals surface area contributed by atoms with Crippen molar-refractivity contribution in [3.63, 3.8) is 0 Å². The molecule has 0 amide bonds. The molecule has 2 aromatic heterocycles. The Labute approximate surface area is 115 Å². The van der Waals surface area contributed by atoms with E-state index in [4.69, 9.17) is 0 Å². The van der Waals surface area contributed by atoms with Crippen LogP contribution in [0.5, 0.6) is 0 Å². The Morgan fingerprint density at radius 3 is 2.25 bits per heavy atom. The molecule has 0 saturated carbocycles. The highest BCUT2D eigenvalue weighted by molar-refractivity contribution is 6.36. The smallest absolute Gasteiger partial charge is 0.503 e. The van der Waals surface area contributed by atoms with Crippen LogP contribution in [0.4, 0.5) is 8.63 Å². The lowest BCUT2D eigenvalue weighted by atomic mass is 10.0. The standard InChI is InChI=1S/C13H13BF2N2O2/c1-2-9(12(19)10-5-3-7-17-10)13(20-14(15)16)11-6-4-8-18-11/h3-8,17-18H,2H2,1H3/b13-9-. The molecule has 0 unspecified atom stereocenters. The molecule has 0 aliphatic heterocycles. The minimum Gasteiger partial charge on any atom is -0.503 e. The summed E-state index contributed by atoms with van der Waals surface area (Å²) in [7, 11) is -2.99. The number of H-pyrrole nitrogens is 2. The number of Topliss-reactive ketones (excluding diaryl/α,β-unsaturated/α-hetero) is 1. The third kappa shape index (κ3) is 2.99. The van der Waals surface area contributed by atoms with Gasteiger partial charge in [0, 0.05) is 18.0 Å². The van der Waals surface area contributed by atoms with E-state index in [1.165, 1.54) is 0 Å². The lowest BCUT2D eigenvalue weighted by Gasteiger charge is -2.12. The van der Waals surface area contributed by atoms with E-state index in [1.54, 1.807) is 43.6 Å². The maximum Gasteiger partial charge on any atom is 0.796 e. The number of nitrogens with one attached hydrogen (secondary N) is 2.